The van der Waals surface area contributed by atoms with Crippen molar-refractivity contribution in [2.24, 2.45) is 0 Å². The van der Waals surface area contributed by atoms with Crippen molar-refractivity contribution in [1.82, 2.24) is 10.3 Å². The van der Waals surface area contributed by atoms with Crippen LogP contribution in [0.25, 0.3) is 10.9 Å². The van der Waals surface area contributed by atoms with Crippen LogP contribution in [0.4, 0.5) is 4.79 Å². The SMILES string of the molecule is Cc1[nH]c2ccccc2c1C(c1ccccc1)C(NC(=O)OCc1ccccc1)C(=O)OC(C)(C)C. The van der Waals surface area contributed by atoms with Gasteiger partial charge in [-0.2, -0.15) is 0 Å². The molecule has 3 aromatic carbocycles. The number of alkyl carbamates (subject to hydrolysis) is 1. The number of hydrogen-bond donors (Lipinski definition) is 2. The first kappa shape index (κ1) is 25.0. The monoisotopic (exact) mass is 484 g/mol. The topological polar surface area (TPSA) is 80.4 Å². The molecule has 1 heterocycles. The van der Waals surface area contributed by atoms with E-state index in [0.717, 1.165) is 33.3 Å². The normalized spacial score (nSPS) is 13.1. The third-order valence-electron chi connectivity index (χ3n) is 5.89. The number of benzene rings is 3. The number of amides is 1. The van der Waals surface area contributed by atoms with Gasteiger partial charge in [0.25, 0.3) is 0 Å². The third kappa shape index (κ3) is 5.95. The van der Waals surface area contributed by atoms with Gasteiger partial charge >= 0.3 is 12.1 Å². The summed E-state index contributed by atoms with van der Waals surface area (Å²) in [6, 6.07) is 26.0. The molecule has 0 radical (unpaired) electrons. The zero-order valence-electron chi connectivity index (χ0n) is 21.1. The minimum Gasteiger partial charge on any atom is -0.458 e. The first-order valence-electron chi connectivity index (χ1n) is 12.0. The lowest BCUT2D eigenvalue weighted by molar-refractivity contribution is -0.157. The van der Waals surface area contributed by atoms with Crippen LogP contribution in [-0.2, 0) is 20.9 Å². The predicted molar refractivity (Wildman–Crippen MR) is 141 cm³/mol. The molecule has 2 atom stereocenters. The molecule has 0 bridgehead atoms. The third-order valence-corrected chi connectivity index (χ3v) is 5.89. The van der Waals surface area contributed by atoms with E-state index in [1.807, 2.05) is 113 Å². The fourth-order valence-corrected chi connectivity index (χ4v) is 4.42. The smallest absolute Gasteiger partial charge is 0.408 e. The molecule has 1 aromatic heterocycles. The second-order valence-corrected chi connectivity index (χ2v) is 9.81. The number of rotatable bonds is 7. The molecule has 0 spiro atoms. The molecule has 1 amide bonds. The molecule has 0 saturated carbocycles. The Labute approximate surface area is 211 Å². The summed E-state index contributed by atoms with van der Waals surface area (Å²) < 4.78 is 11.3. The van der Waals surface area contributed by atoms with Crippen LogP contribution in [0.1, 0.15) is 49.1 Å². The quantitative estimate of drug-likeness (QED) is 0.304. The molecule has 6 heteroatoms. The van der Waals surface area contributed by atoms with Gasteiger partial charge in [0.2, 0.25) is 0 Å². The molecule has 2 N–H and O–H groups in total. The lowest BCUT2D eigenvalue weighted by atomic mass is 9.83. The van der Waals surface area contributed by atoms with E-state index in [-0.39, 0.29) is 6.61 Å². The van der Waals surface area contributed by atoms with Gasteiger partial charge in [-0.15, -0.1) is 0 Å². The summed E-state index contributed by atoms with van der Waals surface area (Å²) in [6.45, 7) is 7.50. The fraction of sp³-hybridized carbons (Fsp3) is 0.267. The van der Waals surface area contributed by atoms with E-state index < -0.39 is 29.6 Å². The molecule has 0 aliphatic rings. The van der Waals surface area contributed by atoms with Gasteiger partial charge in [0, 0.05) is 22.5 Å². The number of nitrogens with one attached hydrogen (secondary N) is 2. The zero-order chi connectivity index (χ0) is 25.7. The molecule has 0 fully saturated rings. The Kier molecular flexibility index (Phi) is 7.44. The first-order chi connectivity index (χ1) is 17.2. The maximum absolute atomic E-state index is 13.6. The van der Waals surface area contributed by atoms with Crippen molar-refractivity contribution in [3.8, 4) is 0 Å². The number of aromatic amines is 1. The molecule has 4 rings (SSSR count). The minimum absolute atomic E-state index is 0.0931. The van der Waals surface area contributed by atoms with E-state index in [9.17, 15) is 9.59 Å². The molecule has 2 unspecified atom stereocenters. The number of para-hydroxylation sites is 1. The average Bonchev–Trinajstić information content (AvgIpc) is 3.18. The Morgan fingerprint density at radius 1 is 0.889 bits per heavy atom. The molecule has 36 heavy (non-hydrogen) atoms. The lowest BCUT2D eigenvalue weighted by Gasteiger charge is -2.30. The van der Waals surface area contributed by atoms with Crippen molar-refractivity contribution in [1.29, 1.82) is 0 Å². The molecule has 186 valence electrons. The number of esters is 1. The summed E-state index contributed by atoms with van der Waals surface area (Å²) >= 11 is 0. The van der Waals surface area contributed by atoms with Crippen LogP contribution < -0.4 is 5.32 Å². The van der Waals surface area contributed by atoms with Crippen molar-refractivity contribution >= 4 is 23.0 Å². The predicted octanol–water partition coefficient (Wildman–Crippen LogP) is 6.24. The number of carbonyl (C=O) groups is 2. The number of H-pyrrole nitrogens is 1. The Hall–Kier alpha value is -4.06. The lowest BCUT2D eigenvalue weighted by Crippen LogP contribution is -2.48. The van der Waals surface area contributed by atoms with Crippen molar-refractivity contribution in [2.75, 3.05) is 0 Å². The van der Waals surface area contributed by atoms with Crippen molar-refractivity contribution < 1.29 is 19.1 Å². The summed E-state index contributed by atoms with van der Waals surface area (Å²) in [7, 11) is 0. The number of carbonyl (C=O) groups excluding carboxylic acids is 2. The number of aromatic nitrogens is 1. The van der Waals surface area contributed by atoms with Crippen LogP contribution in [-0.4, -0.2) is 28.7 Å². The zero-order valence-corrected chi connectivity index (χ0v) is 21.1. The van der Waals surface area contributed by atoms with Gasteiger partial charge < -0.3 is 19.8 Å². The Balaban J connectivity index is 1.75. The van der Waals surface area contributed by atoms with Crippen LogP contribution in [0.2, 0.25) is 0 Å². The van der Waals surface area contributed by atoms with Crippen molar-refractivity contribution in [3.05, 3.63) is 107 Å². The first-order valence-corrected chi connectivity index (χ1v) is 12.0. The Morgan fingerprint density at radius 3 is 2.17 bits per heavy atom. The van der Waals surface area contributed by atoms with E-state index in [4.69, 9.17) is 9.47 Å². The summed E-state index contributed by atoms with van der Waals surface area (Å²) in [4.78, 5) is 30.0. The molecule has 4 aromatic rings. The second-order valence-electron chi connectivity index (χ2n) is 9.81. The largest absolute Gasteiger partial charge is 0.458 e. The molecular weight excluding hydrogens is 452 g/mol. The van der Waals surface area contributed by atoms with Crippen molar-refractivity contribution in [2.45, 2.75) is 51.9 Å². The highest BCUT2D eigenvalue weighted by atomic mass is 16.6. The van der Waals surface area contributed by atoms with Gasteiger partial charge in [-0.25, -0.2) is 9.59 Å². The Bertz CT molecular complexity index is 1320. The Morgan fingerprint density at radius 2 is 1.50 bits per heavy atom. The maximum atomic E-state index is 13.6. The van der Waals surface area contributed by atoms with E-state index >= 15 is 0 Å². The van der Waals surface area contributed by atoms with E-state index in [1.165, 1.54) is 0 Å². The highest BCUT2D eigenvalue weighted by molar-refractivity contribution is 5.89. The molecule has 0 saturated heterocycles. The standard InChI is InChI=1S/C30H32N2O4/c1-20-25(23-17-11-12-18-24(23)31-20)26(22-15-9-6-10-16-22)27(28(33)36-30(2,3)4)32-29(34)35-19-21-13-7-5-8-14-21/h5-18,26-27,31H,19H2,1-4H3,(H,32,34). The van der Waals surface area contributed by atoms with Gasteiger partial charge in [0.05, 0.1) is 0 Å². The van der Waals surface area contributed by atoms with Crippen LogP contribution in [0, 0.1) is 6.92 Å². The average molecular weight is 485 g/mol. The van der Waals surface area contributed by atoms with Gasteiger partial charge in [-0.3, -0.25) is 0 Å². The summed E-state index contributed by atoms with van der Waals surface area (Å²) in [5, 5.41) is 3.82. The summed E-state index contributed by atoms with van der Waals surface area (Å²) in [5.41, 5.74) is 3.80. The van der Waals surface area contributed by atoms with Gasteiger partial charge in [0.15, 0.2) is 0 Å². The number of fused-ring (bicyclic) bond motifs is 1. The van der Waals surface area contributed by atoms with Gasteiger partial charge in [-0.1, -0.05) is 78.9 Å². The van der Waals surface area contributed by atoms with Gasteiger partial charge in [-0.05, 0) is 50.5 Å². The highest BCUT2D eigenvalue weighted by Crippen LogP contribution is 2.37. The molecule has 6 nitrogen and oxygen atoms in total. The van der Waals surface area contributed by atoms with E-state index in [2.05, 4.69) is 10.3 Å². The number of hydrogen-bond acceptors (Lipinski definition) is 4. The van der Waals surface area contributed by atoms with Crippen LogP contribution in [0.5, 0.6) is 0 Å². The summed E-state index contributed by atoms with van der Waals surface area (Å²) in [5.74, 6) is -1.04. The van der Waals surface area contributed by atoms with E-state index in [1.54, 1.807) is 0 Å². The highest BCUT2D eigenvalue weighted by Gasteiger charge is 2.38. The maximum Gasteiger partial charge on any atom is 0.408 e. The molecular formula is C30H32N2O4. The van der Waals surface area contributed by atoms with Crippen molar-refractivity contribution in [3.63, 3.8) is 0 Å². The molecule has 0 aliphatic carbocycles. The van der Waals surface area contributed by atoms with Gasteiger partial charge in [0.1, 0.15) is 18.2 Å². The fourth-order valence-electron chi connectivity index (χ4n) is 4.42. The van der Waals surface area contributed by atoms with Crippen LogP contribution in [0.15, 0.2) is 84.9 Å². The van der Waals surface area contributed by atoms with E-state index in [0.29, 0.717) is 0 Å². The summed E-state index contributed by atoms with van der Waals surface area (Å²) in [6.07, 6.45) is -0.687. The van der Waals surface area contributed by atoms with Crippen LogP contribution in [0.3, 0.4) is 0 Å². The number of ether oxygens (including phenoxy) is 2. The second kappa shape index (κ2) is 10.7. The minimum atomic E-state index is -1.02. The number of aryl methyl sites for hydroxylation is 1. The molecule has 0 aliphatic heterocycles. The van der Waals surface area contributed by atoms with Crippen LogP contribution >= 0.6 is 0 Å².